The summed E-state index contributed by atoms with van der Waals surface area (Å²) >= 11 is 0. The van der Waals surface area contributed by atoms with Crippen molar-refractivity contribution in [1.82, 2.24) is 15.0 Å². The lowest BCUT2D eigenvalue weighted by Crippen LogP contribution is -2.13. The Kier molecular flexibility index (Phi) is 3.76. The van der Waals surface area contributed by atoms with Gasteiger partial charge in [-0.15, -0.1) is 0 Å². The molecule has 2 aromatic carbocycles. The molecule has 0 amide bonds. The largest absolute Gasteiger partial charge is 0.253 e. The number of hydrogen-bond acceptors (Lipinski definition) is 3. The summed E-state index contributed by atoms with van der Waals surface area (Å²) < 4.78 is 0. The van der Waals surface area contributed by atoms with Gasteiger partial charge in [0.15, 0.2) is 0 Å². The zero-order valence-corrected chi connectivity index (χ0v) is 16.0. The van der Waals surface area contributed by atoms with Gasteiger partial charge in [-0.05, 0) is 48.6 Å². The van der Waals surface area contributed by atoms with Crippen LogP contribution in [-0.2, 0) is 5.41 Å². The van der Waals surface area contributed by atoms with E-state index in [2.05, 4.69) is 80.1 Å². The molecule has 4 rings (SSSR count). The highest BCUT2D eigenvalue weighted by Crippen LogP contribution is 2.35. The second-order valence-electron chi connectivity index (χ2n) is 7.99. The van der Waals surface area contributed by atoms with E-state index >= 15 is 0 Å². The summed E-state index contributed by atoms with van der Waals surface area (Å²) in [4.78, 5) is 13.9. The number of fused-ring (bicyclic) bond motifs is 2. The predicted octanol–water partition coefficient (Wildman–Crippen LogP) is 5.76. The van der Waals surface area contributed by atoms with E-state index < -0.39 is 0 Å². The highest BCUT2D eigenvalue weighted by molar-refractivity contribution is 5.97. The van der Waals surface area contributed by atoms with Crippen LogP contribution in [-0.4, -0.2) is 15.0 Å². The molecule has 0 aliphatic heterocycles. The molecular weight excluding hydrogens is 318 g/mol. The molecule has 0 bridgehead atoms. The standard InChI is InChI=1S/C23H23N3/c1-14-7-6-8-18-20(14)24-13-25-21(18)17-11-16-10-9-15(2)26-22(16)19(12-17)23(3,4)5/h6-13H,1-5H3. The van der Waals surface area contributed by atoms with Gasteiger partial charge >= 0.3 is 0 Å². The average molecular weight is 341 g/mol. The van der Waals surface area contributed by atoms with Crippen LogP contribution in [0.4, 0.5) is 0 Å². The van der Waals surface area contributed by atoms with Crippen molar-refractivity contribution in [3.8, 4) is 11.3 Å². The van der Waals surface area contributed by atoms with Crippen LogP contribution >= 0.6 is 0 Å². The zero-order valence-electron chi connectivity index (χ0n) is 16.0. The second kappa shape index (κ2) is 5.87. The Morgan fingerprint density at radius 3 is 2.42 bits per heavy atom. The minimum atomic E-state index is -0.00615. The number of pyridine rings is 1. The van der Waals surface area contributed by atoms with E-state index in [1.807, 2.05) is 6.92 Å². The van der Waals surface area contributed by atoms with Gasteiger partial charge in [0.2, 0.25) is 0 Å². The van der Waals surface area contributed by atoms with E-state index in [9.17, 15) is 0 Å². The molecule has 0 atom stereocenters. The van der Waals surface area contributed by atoms with Crippen molar-refractivity contribution >= 4 is 21.8 Å². The molecule has 0 saturated heterocycles. The summed E-state index contributed by atoms with van der Waals surface area (Å²) in [5, 5.41) is 2.24. The van der Waals surface area contributed by atoms with Crippen molar-refractivity contribution in [2.24, 2.45) is 0 Å². The Morgan fingerprint density at radius 1 is 0.846 bits per heavy atom. The van der Waals surface area contributed by atoms with Crippen molar-refractivity contribution in [3.63, 3.8) is 0 Å². The van der Waals surface area contributed by atoms with Crippen LogP contribution in [0.25, 0.3) is 33.1 Å². The summed E-state index contributed by atoms with van der Waals surface area (Å²) in [6.07, 6.45) is 1.67. The highest BCUT2D eigenvalue weighted by Gasteiger charge is 2.20. The van der Waals surface area contributed by atoms with Crippen molar-refractivity contribution in [1.29, 1.82) is 0 Å². The molecule has 0 radical (unpaired) electrons. The Hall–Kier alpha value is -2.81. The molecule has 26 heavy (non-hydrogen) atoms. The summed E-state index contributed by atoms with van der Waals surface area (Å²) in [5.74, 6) is 0. The van der Waals surface area contributed by atoms with E-state index in [1.54, 1.807) is 6.33 Å². The van der Waals surface area contributed by atoms with Gasteiger partial charge in [0.25, 0.3) is 0 Å². The number of benzene rings is 2. The van der Waals surface area contributed by atoms with Gasteiger partial charge < -0.3 is 0 Å². The van der Waals surface area contributed by atoms with Crippen molar-refractivity contribution in [2.45, 2.75) is 40.0 Å². The minimum Gasteiger partial charge on any atom is -0.253 e. The van der Waals surface area contributed by atoms with Gasteiger partial charge in [0.05, 0.1) is 16.7 Å². The third-order valence-corrected chi connectivity index (χ3v) is 4.88. The fourth-order valence-electron chi connectivity index (χ4n) is 3.51. The summed E-state index contributed by atoms with van der Waals surface area (Å²) in [7, 11) is 0. The molecule has 0 fully saturated rings. The second-order valence-corrected chi connectivity index (χ2v) is 7.99. The quantitative estimate of drug-likeness (QED) is 0.442. The molecule has 130 valence electrons. The first-order chi connectivity index (χ1) is 12.3. The lowest BCUT2D eigenvalue weighted by molar-refractivity contribution is 0.594. The van der Waals surface area contributed by atoms with E-state index in [1.165, 1.54) is 11.1 Å². The lowest BCUT2D eigenvalue weighted by atomic mass is 9.83. The number of rotatable bonds is 1. The summed E-state index contributed by atoms with van der Waals surface area (Å²) in [6.45, 7) is 10.8. The molecule has 3 heteroatoms. The Bertz CT molecular complexity index is 1140. The molecule has 0 unspecified atom stereocenters. The van der Waals surface area contributed by atoms with Crippen molar-refractivity contribution < 1.29 is 0 Å². The maximum absolute atomic E-state index is 4.82. The zero-order chi connectivity index (χ0) is 18.5. The molecule has 2 heterocycles. The normalized spacial score (nSPS) is 12.0. The first kappa shape index (κ1) is 16.6. The highest BCUT2D eigenvalue weighted by atomic mass is 14.8. The van der Waals surface area contributed by atoms with Crippen LogP contribution in [0.15, 0.2) is 48.8 Å². The molecule has 0 aliphatic carbocycles. The van der Waals surface area contributed by atoms with Crippen molar-refractivity contribution in [3.05, 3.63) is 65.6 Å². The third-order valence-electron chi connectivity index (χ3n) is 4.88. The van der Waals surface area contributed by atoms with Crippen LogP contribution in [0, 0.1) is 13.8 Å². The predicted molar refractivity (Wildman–Crippen MR) is 108 cm³/mol. The third kappa shape index (κ3) is 2.74. The summed E-state index contributed by atoms with van der Waals surface area (Å²) in [6, 6.07) is 14.9. The average Bonchev–Trinajstić information content (AvgIpc) is 2.60. The first-order valence-electron chi connectivity index (χ1n) is 8.97. The van der Waals surface area contributed by atoms with Crippen LogP contribution in [0.1, 0.15) is 37.6 Å². The molecule has 4 aromatic rings. The maximum atomic E-state index is 4.82. The van der Waals surface area contributed by atoms with Crippen LogP contribution in [0.5, 0.6) is 0 Å². The maximum Gasteiger partial charge on any atom is 0.116 e. The van der Waals surface area contributed by atoms with Gasteiger partial charge in [-0.2, -0.15) is 0 Å². The molecule has 0 saturated carbocycles. The van der Waals surface area contributed by atoms with Crippen molar-refractivity contribution in [2.75, 3.05) is 0 Å². The van der Waals surface area contributed by atoms with Crippen LogP contribution < -0.4 is 0 Å². The Balaban J connectivity index is 2.08. The van der Waals surface area contributed by atoms with Gasteiger partial charge in [-0.3, -0.25) is 4.98 Å². The fourth-order valence-corrected chi connectivity index (χ4v) is 3.51. The number of nitrogens with zero attached hydrogens (tertiary/aromatic N) is 3. The lowest BCUT2D eigenvalue weighted by Gasteiger charge is -2.22. The molecular formula is C23H23N3. The minimum absolute atomic E-state index is 0.00615. The number of hydrogen-bond donors (Lipinski definition) is 0. The topological polar surface area (TPSA) is 38.7 Å². The molecule has 2 aromatic heterocycles. The van der Waals surface area contributed by atoms with Crippen LogP contribution in [0.3, 0.4) is 0 Å². The van der Waals surface area contributed by atoms with Gasteiger partial charge in [0.1, 0.15) is 6.33 Å². The van der Waals surface area contributed by atoms with Gasteiger partial charge in [-0.1, -0.05) is 45.0 Å². The number of aromatic nitrogens is 3. The fraction of sp³-hybridized carbons (Fsp3) is 0.261. The monoisotopic (exact) mass is 341 g/mol. The number of para-hydroxylation sites is 1. The smallest absolute Gasteiger partial charge is 0.116 e. The first-order valence-corrected chi connectivity index (χ1v) is 8.97. The van der Waals surface area contributed by atoms with E-state index in [4.69, 9.17) is 4.98 Å². The van der Waals surface area contributed by atoms with E-state index in [0.29, 0.717) is 0 Å². The molecule has 0 N–H and O–H groups in total. The Labute approximate surface area is 154 Å². The van der Waals surface area contributed by atoms with Gasteiger partial charge in [-0.25, -0.2) is 9.97 Å². The van der Waals surface area contributed by atoms with Gasteiger partial charge in [0, 0.05) is 22.0 Å². The number of aryl methyl sites for hydroxylation is 2. The molecule has 0 aliphatic rings. The SMILES string of the molecule is Cc1ccc2cc(-c3ncnc4c(C)cccc34)cc(C(C)(C)C)c2n1. The molecule has 0 spiro atoms. The van der Waals surface area contributed by atoms with Crippen LogP contribution in [0.2, 0.25) is 0 Å². The molecule has 3 nitrogen and oxygen atoms in total. The summed E-state index contributed by atoms with van der Waals surface area (Å²) in [5.41, 5.74) is 7.63. The van der Waals surface area contributed by atoms with E-state index in [-0.39, 0.29) is 5.41 Å². The Morgan fingerprint density at radius 2 is 1.65 bits per heavy atom. The van der Waals surface area contributed by atoms with E-state index in [0.717, 1.165) is 38.8 Å².